The van der Waals surface area contributed by atoms with Crippen molar-refractivity contribution in [2.24, 2.45) is 5.73 Å². The second-order valence-electron chi connectivity index (χ2n) is 5.10. The molecule has 0 aliphatic carbocycles. The van der Waals surface area contributed by atoms with Crippen LogP contribution in [0.3, 0.4) is 0 Å². The van der Waals surface area contributed by atoms with Crippen LogP contribution >= 0.6 is 0 Å². The highest BCUT2D eigenvalue weighted by Gasteiger charge is 2.06. The van der Waals surface area contributed by atoms with Gasteiger partial charge in [0.25, 0.3) is 0 Å². The molecule has 0 unspecified atom stereocenters. The van der Waals surface area contributed by atoms with Crippen LogP contribution in [0.2, 0.25) is 0 Å². The zero-order chi connectivity index (χ0) is 13.9. The molecule has 0 saturated carbocycles. The number of aromatic nitrogens is 1. The van der Waals surface area contributed by atoms with Crippen LogP contribution in [-0.4, -0.2) is 4.98 Å². The predicted molar refractivity (Wildman–Crippen MR) is 80.5 cm³/mol. The van der Waals surface area contributed by atoms with Crippen LogP contribution in [0.1, 0.15) is 22.6 Å². The van der Waals surface area contributed by atoms with Crippen molar-refractivity contribution in [2.75, 3.05) is 0 Å². The number of benzene rings is 2. The number of oxazole rings is 1. The van der Waals surface area contributed by atoms with Crippen molar-refractivity contribution in [3.8, 4) is 0 Å². The second-order valence-corrected chi connectivity index (χ2v) is 5.10. The van der Waals surface area contributed by atoms with Gasteiger partial charge < -0.3 is 10.2 Å². The quantitative estimate of drug-likeness (QED) is 0.787. The zero-order valence-electron chi connectivity index (χ0n) is 11.6. The van der Waals surface area contributed by atoms with E-state index in [2.05, 4.69) is 36.2 Å². The molecule has 3 nitrogen and oxygen atoms in total. The number of hydrogen-bond donors (Lipinski definition) is 1. The molecule has 2 N–H and O–H groups in total. The van der Waals surface area contributed by atoms with Gasteiger partial charge >= 0.3 is 0 Å². The third-order valence-electron chi connectivity index (χ3n) is 3.48. The van der Waals surface area contributed by atoms with Gasteiger partial charge in [-0.25, -0.2) is 4.98 Å². The SMILES string of the molecule is Cc1ccc(CCc2nc3ccc(CN)cc3o2)cc1. The van der Waals surface area contributed by atoms with Crippen LogP contribution in [0, 0.1) is 6.92 Å². The maximum absolute atomic E-state index is 5.79. The standard InChI is InChI=1S/C17H18N2O/c1-12-2-4-13(5-3-12)7-9-17-19-15-8-6-14(11-18)10-16(15)20-17/h2-6,8,10H,7,9,11,18H2,1H3. The zero-order valence-corrected chi connectivity index (χ0v) is 11.6. The summed E-state index contributed by atoms with van der Waals surface area (Å²) in [6.07, 6.45) is 1.76. The lowest BCUT2D eigenvalue weighted by Crippen LogP contribution is -1.94. The van der Waals surface area contributed by atoms with Crippen molar-refractivity contribution in [1.82, 2.24) is 4.98 Å². The van der Waals surface area contributed by atoms with Gasteiger partial charge in [-0.15, -0.1) is 0 Å². The highest BCUT2D eigenvalue weighted by Crippen LogP contribution is 2.18. The van der Waals surface area contributed by atoms with E-state index in [4.69, 9.17) is 10.2 Å². The molecular weight excluding hydrogens is 248 g/mol. The van der Waals surface area contributed by atoms with Gasteiger partial charge in [0.2, 0.25) is 0 Å². The molecule has 2 aromatic carbocycles. The normalized spacial score (nSPS) is 11.1. The van der Waals surface area contributed by atoms with Crippen LogP contribution in [0.15, 0.2) is 46.9 Å². The van der Waals surface area contributed by atoms with E-state index in [1.807, 2.05) is 18.2 Å². The summed E-state index contributed by atoms with van der Waals surface area (Å²) in [5.74, 6) is 0.787. The van der Waals surface area contributed by atoms with Crippen LogP contribution in [-0.2, 0) is 19.4 Å². The van der Waals surface area contributed by atoms with Gasteiger partial charge in [0.1, 0.15) is 5.52 Å². The van der Waals surface area contributed by atoms with Crippen LogP contribution in [0.4, 0.5) is 0 Å². The Balaban J connectivity index is 1.75. The van der Waals surface area contributed by atoms with Gasteiger partial charge in [-0.1, -0.05) is 35.9 Å². The minimum Gasteiger partial charge on any atom is -0.441 e. The second kappa shape index (κ2) is 5.47. The monoisotopic (exact) mass is 266 g/mol. The topological polar surface area (TPSA) is 52.0 Å². The number of nitrogens with two attached hydrogens (primary N) is 1. The molecule has 0 radical (unpaired) electrons. The molecule has 0 spiro atoms. The van der Waals surface area contributed by atoms with Gasteiger partial charge in [0.05, 0.1) is 0 Å². The van der Waals surface area contributed by atoms with Gasteiger partial charge in [-0.05, 0) is 36.6 Å². The summed E-state index contributed by atoms with van der Waals surface area (Å²) >= 11 is 0. The van der Waals surface area contributed by atoms with E-state index >= 15 is 0 Å². The van der Waals surface area contributed by atoms with E-state index in [1.54, 1.807) is 0 Å². The number of rotatable bonds is 4. The molecule has 1 heterocycles. The van der Waals surface area contributed by atoms with E-state index in [9.17, 15) is 0 Å². The van der Waals surface area contributed by atoms with E-state index in [-0.39, 0.29) is 0 Å². The lowest BCUT2D eigenvalue weighted by molar-refractivity contribution is 0.528. The fraction of sp³-hybridized carbons (Fsp3) is 0.235. The molecule has 0 atom stereocenters. The van der Waals surface area contributed by atoms with Crippen LogP contribution < -0.4 is 5.73 Å². The summed E-state index contributed by atoms with van der Waals surface area (Å²) in [4.78, 5) is 4.51. The lowest BCUT2D eigenvalue weighted by Gasteiger charge is -1.99. The Hall–Kier alpha value is -2.13. The third kappa shape index (κ3) is 2.73. The largest absolute Gasteiger partial charge is 0.441 e. The smallest absolute Gasteiger partial charge is 0.195 e. The molecular formula is C17H18N2O. The molecule has 0 saturated heterocycles. The number of hydrogen-bond acceptors (Lipinski definition) is 3. The molecule has 3 heteroatoms. The summed E-state index contributed by atoms with van der Waals surface area (Å²) in [5.41, 5.74) is 11.0. The van der Waals surface area contributed by atoms with Gasteiger partial charge in [0.15, 0.2) is 11.5 Å². The fourth-order valence-electron chi connectivity index (χ4n) is 2.26. The summed E-state index contributed by atoms with van der Waals surface area (Å²) in [6.45, 7) is 2.62. The van der Waals surface area contributed by atoms with Crippen molar-refractivity contribution in [2.45, 2.75) is 26.3 Å². The van der Waals surface area contributed by atoms with Crippen LogP contribution in [0.25, 0.3) is 11.1 Å². The predicted octanol–water partition coefficient (Wildman–Crippen LogP) is 3.38. The molecule has 3 rings (SSSR count). The lowest BCUT2D eigenvalue weighted by atomic mass is 10.1. The van der Waals surface area contributed by atoms with Crippen LogP contribution in [0.5, 0.6) is 0 Å². The third-order valence-corrected chi connectivity index (χ3v) is 3.48. The Morgan fingerprint density at radius 2 is 1.75 bits per heavy atom. The number of fused-ring (bicyclic) bond motifs is 1. The minimum absolute atomic E-state index is 0.523. The first-order valence-electron chi connectivity index (χ1n) is 6.88. The molecule has 0 aliphatic rings. The molecule has 102 valence electrons. The molecule has 0 fully saturated rings. The highest BCUT2D eigenvalue weighted by atomic mass is 16.3. The first-order chi connectivity index (χ1) is 9.74. The Kier molecular flexibility index (Phi) is 3.52. The Morgan fingerprint density at radius 3 is 2.50 bits per heavy atom. The van der Waals surface area contributed by atoms with Crippen molar-refractivity contribution in [1.29, 1.82) is 0 Å². The maximum Gasteiger partial charge on any atom is 0.195 e. The van der Waals surface area contributed by atoms with E-state index in [0.29, 0.717) is 6.54 Å². The molecule has 1 aromatic heterocycles. The summed E-state index contributed by atoms with van der Waals surface area (Å²) in [6, 6.07) is 14.5. The number of aryl methyl sites for hydroxylation is 3. The molecule has 20 heavy (non-hydrogen) atoms. The van der Waals surface area contributed by atoms with Crippen molar-refractivity contribution >= 4 is 11.1 Å². The Morgan fingerprint density at radius 1 is 1.00 bits per heavy atom. The fourth-order valence-corrected chi connectivity index (χ4v) is 2.26. The maximum atomic E-state index is 5.79. The molecule has 0 bridgehead atoms. The minimum atomic E-state index is 0.523. The van der Waals surface area contributed by atoms with Gasteiger partial charge in [-0.3, -0.25) is 0 Å². The average molecular weight is 266 g/mol. The Bertz CT molecular complexity index is 713. The molecule has 3 aromatic rings. The first-order valence-corrected chi connectivity index (χ1v) is 6.88. The summed E-state index contributed by atoms with van der Waals surface area (Å²) in [7, 11) is 0. The highest BCUT2D eigenvalue weighted by molar-refractivity contribution is 5.73. The van der Waals surface area contributed by atoms with Gasteiger partial charge in [-0.2, -0.15) is 0 Å². The Labute approximate surface area is 118 Å². The molecule has 0 aliphatic heterocycles. The molecule has 0 amide bonds. The van der Waals surface area contributed by atoms with E-state index < -0.39 is 0 Å². The van der Waals surface area contributed by atoms with Crippen molar-refractivity contribution in [3.63, 3.8) is 0 Å². The van der Waals surface area contributed by atoms with E-state index in [1.165, 1.54) is 11.1 Å². The number of nitrogens with zero attached hydrogens (tertiary/aromatic N) is 1. The van der Waals surface area contributed by atoms with Crippen molar-refractivity contribution in [3.05, 3.63) is 65.0 Å². The summed E-state index contributed by atoms with van der Waals surface area (Å²) in [5, 5.41) is 0. The summed E-state index contributed by atoms with van der Waals surface area (Å²) < 4.78 is 5.79. The van der Waals surface area contributed by atoms with Crippen molar-refractivity contribution < 1.29 is 4.42 Å². The van der Waals surface area contributed by atoms with E-state index in [0.717, 1.165) is 35.4 Å². The van der Waals surface area contributed by atoms with Gasteiger partial charge in [0, 0.05) is 13.0 Å². The first kappa shape index (κ1) is 12.9. The average Bonchev–Trinajstić information content (AvgIpc) is 2.88.